The van der Waals surface area contributed by atoms with Crippen molar-refractivity contribution in [1.82, 2.24) is 9.78 Å². The van der Waals surface area contributed by atoms with E-state index in [-0.39, 0.29) is 16.7 Å². The average molecular weight is 240 g/mol. The van der Waals surface area contributed by atoms with Gasteiger partial charge in [0, 0.05) is 22.9 Å². The Balaban J connectivity index is 2.47. The van der Waals surface area contributed by atoms with Gasteiger partial charge < -0.3 is 0 Å². The second-order valence-electron chi connectivity index (χ2n) is 3.34. The van der Waals surface area contributed by atoms with E-state index in [0.717, 1.165) is 18.5 Å². The monoisotopic (exact) mass is 240 g/mol. The van der Waals surface area contributed by atoms with Gasteiger partial charge in [0.1, 0.15) is 12.1 Å². The highest BCUT2D eigenvalue weighted by atomic mass is 19.3. The van der Waals surface area contributed by atoms with E-state index in [0.29, 0.717) is 11.0 Å². The zero-order chi connectivity index (χ0) is 12.4. The van der Waals surface area contributed by atoms with E-state index in [9.17, 15) is 18.0 Å². The predicted molar refractivity (Wildman–Crippen MR) is 54.3 cm³/mol. The molecule has 0 aliphatic rings. The summed E-state index contributed by atoms with van der Waals surface area (Å²) in [6.45, 7) is -2.78. The van der Waals surface area contributed by atoms with Gasteiger partial charge >= 0.3 is 6.55 Å². The first-order chi connectivity index (χ1) is 8.11. The SMILES string of the molecule is O=Cc1ccc(F)c(-c2cnn(C(F)F)c2)c1. The molecule has 2 aromatic rings. The van der Waals surface area contributed by atoms with Crippen LogP contribution in [0.5, 0.6) is 0 Å². The molecule has 0 amide bonds. The van der Waals surface area contributed by atoms with Gasteiger partial charge in [-0.25, -0.2) is 9.07 Å². The molecule has 0 aliphatic carbocycles. The normalized spacial score (nSPS) is 10.8. The van der Waals surface area contributed by atoms with Gasteiger partial charge in [-0.1, -0.05) is 0 Å². The van der Waals surface area contributed by atoms with Crippen molar-refractivity contribution in [1.29, 1.82) is 0 Å². The second kappa shape index (κ2) is 4.40. The van der Waals surface area contributed by atoms with E-state index in [1.165, 1.54) is 12.1 Å². The Morgan fingerprint density at radius 2 is 2.12 bits per heavy atom. The number of nitrogens with zero attached hydrogens (tertiary/aromatic N) is 2. The molecule has 0 unspecified atom stereocenters. The van der Waals surface area contributed by atoms with Gasteiger partial charge in [-0.15, -0.1) is 0 Å². The molecule has 0 radical (unpaired) electrons. The third-order valence-electron chi connectivity index (χ3n) is 2.24. The zero-order valence-electron chi connectivity index (χ0n) is 8.48. The largest absolute Gasteiger partial charge is 0.333 e. The molecule has 0 N–H and O–H groups in total. The van der Waals surface area contributed by atoms with Crippen LogP contribution in [0.3, 0.4) is 0 Å². The van der Waals surface area contributed by atoms with E-state index >= 15 is 0 Å². The van der Waals surface area contributed by atoms with Crippen LogP contribution in [0.25, 0.3) is 11.1 Å². The standard InChI is InChI=1S/C11H7F3N2O/c12-10-2-1-7(6-17)3-9(10)8-4-15-16(5-8)11(13)14/h1-6,11H. The molecule has 0 fully saturated rings. The number of benzene rings is 1. The van der Waals surface area contributed by atoms with Crippen LogP contribution in [-0.2, 0) is 0 Å². The van der Waals surface area contributed by atoms with Crippen LogP contribution in [0, 0.1) is 5.82 Å². The van der Waals surface area contributed by atoms with E-state index in [1.807, 2.05) is 0 Å². The molecule has 0 saturated heterocycles. The van der Waals surface area contributed by atoms with Gasteiger partial charge in [0.05, 0.1) is 6.20 Å². The first kappa shape index (κ1) is 11.4. The Morgan fingerprint density at radius 3 is 2.71 bits per heavy atom. The summed E-state index contributed by atoms with van der Waals surface area (Å²) in [4.78, 5) is 10.6. The fraction of sp³-hybridized carbons (Fsp3) is 0.0909. The van der Waals surface area contributed by atoms with Crippen molar-refractivity contribution >= 4 is 6.29 Å². The number of halogens is 3. The Hall–Kier alpha value is -2.11. The highest BCUT2D eigenvalue weighted by molar-refractivity contribution is 5.78. The smallest absolute Gasteiger partial charge is 0.298 e. The topological polar surface area (TPSA) is 34.9 Å². The number of aromatic nitrogens is 2. The summed E-state index contributed by atoms with van der Waals surface area (Å²) in [6, 6.07) is 3.71. The first-order valence-electron chi connectivity index (χ1n) is 4.69. The van der Waals surface area contributed by atoms with Crippen LogP contribution in [0.2, 0.25) is 0 Å². The lowest BCUT2D eigenvalue weighted by molar-refractivity contribution is 0.0566. The Kier molecular flexibility index (Phi) is 2.95. The van der Waals surface area contributed by atoms with Crippen LogP contribution < -0.4 is 0 Å². The third kappa shape index (κ3) is 2.20. The molecule has 17 heavy (non-hydrogen) atoms. The van der Waals surface area contributed by atoms with E-state index < -0.39 is 12.4 Å². The number of hydrogen-bond donors (Lipinski definition) is 0. The lowest BCUT2D eigenvalue weighted by atomic mass is 10.1. The summed E-state index contributed by atoms with van der Waals surface area (Å²) < 4.78 is 38.5. The maximum atomic E-state index is 13.5. The predicted octanol–water partition coefficient (Wildman–Crippen LogP) is 2.90. The Bertz CT molecular complexity index is 551. The van der Waals surface area contributed by atoms with E-state index in [4.69, 9.17) is 0 Å². The molecule has 3 nitrogen and oxygen atoms in total. The molecule has 6 heteroatoms. The summed E-state index contributed by atoms with van der Waals surface area (Å²) >= 11 is 0. The molecule has 1 aromatic carbocycles. The van der Waals surface area contributed by atoms with Crippen molar-refractivity contribution in [3.8, 4) is 11.1 Å². The fourth-order valence-corrected chi connectivity index (χ4v) is 1.42. The van der Waals surface area contributed by atoms with Crippen molar-refractivity contribution in [2.24, 2.45) is 0 Å². The van der Waals surface area contributed by atoms with Crippen molar-refractivity contribution < 1.29 is 18.0 Å². The van der Waals surface area contributed by atoms with Crippen LogP contribution in [-0.4, -0.2) is 16.1 Å². The first-order valence-corrected chi connectivity index (χ1v) is 4.69. The Morgan fingerprint density at radius 1 is 1.35 bits per heavy atom. The van der Waals surface area contributed by atoms with Crippen LogP contribution in [0.4, 0.5) is 13.2 Å². The molecule has 2 rings (SSSR count). The molecule has 0 bridgehead atoms. The molecule has 0 saturated carbocycles. The second-order valence-corrected chi connectivity index (χ2v) is 3.34. The number of alkyl halides is 2. The molecule has 0 aliphatic heterocycles. The lowest BCUT2D eigenvalue weighted by Crippen LogP contribution is -1.96. The highest BCUT2D eigenvalue weighted by Gasteiger charge is 2.12. The molecular weight excluding hydrogens is 233 g/mol. The molecule has 1 aromatic heterocycles. The van der Waals surface area contributed by atoms with Crippen LogP contribution in [0.1, 0.15) is 16.9 Å². The molecule has 88 valence electrons. The van der Waals surface area contributed by atoms with Gasteiger partial charge in [-0.05, 0) is 18.2 Å². The molecule has 0 atom stereocenters. The highest BCUT2D eigenvalue weighted by Crippen LogP contribution is 2.24. The number of aldehydes is 1. The molecular formula is C11H7F3N2O. The number of carbonyl (C=O) groups excluding carboxylic acids is 1. The quantitative estimate of drug-likeness (QED) is 0.773. The van der Waals surface area contributed by atoms with Crippen molar-refractivity contribution in [3.63, 3.8) is 0 Å². The summed E-state index contributed by atoms with van der Waals surface area (Å²) in [5.74, 6) is -0.593. The van der Waals surface area contributed by atoms with Crippen molar-refractivity contribution in [2.45, 2.75) is 6.55 Å². The average Bonchev–Trinajstić information content (AvgIpc) is 2.79. The van der Waals surface area contributed by atoms with Gasteiger partial charge in [-0.2, -0.15) is 13.9 Å². The summed E-state index contributed by atoms with van der Waals surface area (Å²) in [5.41, 5.74) is 0.541. The zero-order valence-corrected chi connectivity index (χ0v) is 8.48. The lowest BCUT2D eigenvalue weighted by Gasteiger charge is -2.01. The van der Waals surface area contributed by atoms with Crippen molar-refractivity contribution in [3.05, 3.63) is 42.0 Å². The maximum absolute atomic E-state index is 13.5. The summed E-state index contributed by atoms with van der Waals surface area (Å²) in [6.07, 6.45) is 2.71. The van der Waals surface area contributed by atoms with Crippen molar-refractivity contribution in [2.75, 3.05) is 0 Å². The maximum Gasteiger partial charge on any atom is 0.333 e. The van der Waals surface area contributed by atoms with E-state index in [2.05, 4.69) is 5.10 Å². The Labute approximate surface area is 94.5 Å². The fourth-order valence-electron chi connectivity index (χ4n) is 1.42. The minimum absolute atomic E-state index is 0.0708. The van der Waals surface area contributed by atoms with Gasteiger partial charge in [-0.3, -0.25) is 4.79 Å². The van der Waals surface area contributed by atoms with Gasteiger partial charge in [0.15, 0.2) is 0 Å². The van der Waals surface area contributed by atoms with E-state index in [1.54, 1.807) is 0 Å². The molecule has 0 spiro atoms. The van der Waals surface area contributed by atoms with Crippen LogP contribution in [0.15, 0.2) is 30.6 Å². The minimum atomic E-state index is -2.78. The van der Waals surface area contributed by atoms with Crippen LogP contribution >= 0.6 is 0 Å². The molecule has 1 heterocycles. The third-order valence-corrected chi connectivity index (χ3v) is 2.24. The minimum Gasteiger partial charge on any atom is -0.298 e. The number of carbonyl (C=O) groups is 1. The number of hydrogen-bond acceptors (Lipinski definition) is 2. The summed E-state index contributed by atoms with van der Waals surface area (Å²) in [5, 5.41) is 3.40. The number of rotatable bonds is 3. The van der Waals surface area contributed by atoms with Gasteiger partial charge in [0.2, 0.25) is 0 Å². The summed E-state index contributed by atoms with van der Waals surface area (Å²) in [7, 11) is 0. The van der Waals surface area contributed by atoms with Gasteiger partial charge in [0.25, 0.3) is 0 Å².